The molecular formula is C5H8N4OS. The summed E-state index contributed by atoms with van der Waals surface area (Å²) in [6.45, 7) is 1.81. The van der Waals surface area contributed by atoms with E-state index in [4.69, 9.17) is 22.6 Å². The monoisotopic (exact) mass is 172 g/mol. The number of nitrogens with one attached hydrogen (secondary N) is 2. The summed E-state index contributed by atoms with van der Waals surface area (Å²) in [4.78, 5) is 0. The summed E-state index contributed by atoms with van der Waals surface area (Å²) in [5.41, 5.74) is 3.04. The van der Waals surface area contributed by atoms with Gasteiger partial charge in [0.05, 0.1) is 5.69 Å². The maximum absolute atomic E-state index is 5.01. The molecule has 5 nitrogen and oxygen atoms in total. The van der Waals surface area contributed by atoms with E-state index >= 15 is 0 Å². The van der Waals surface area contributed by atoms with E-state index < -0.39 is 0 Å². The fourth-order valence-corrected chi connectivity index (χ4v) is 0.671. The second kappa shape index (κ2) is 3.31. The molecule has 60 valence electrons. The van der Waals surface area contributed by atoms with Crippen LogP contribution in [0.4, 0.5) is 5.88 Å². The molecule has 0 spiro atoms. The number of anilines is 1. The van der Waals surface area contributed by atoms with Gasteiger partial charge < -0.3 is 9.95 Å². The number of rotatable bonds is 1. The predicted octanol–water partition coefficient (Wildman–Crippen LogP) is 0.143. The summed E-state index contributed by atoms with van der Waals surface area (Å²) in [6.07, 6.45) is 0. The zero-order valence-electron chi connectivity index (χ0n) is 5.92. The molecule has 0 radical (unpaired) electrons. The van der Waals surface area contributed by atoms with Crippen LogP contribution in [-0.2, 0) is 0 Å². The molecule has 1 rings (SSSR count). The Morgan fingerprint density at radius 1 is 1.82 bits per heavy atom. The third-order valence-electron chi connectivity index (χ3n) is 0.996. The zero-order chi connectivity index (χ0) is 8.27. The standard InChI is InChI=1S/C5H8N4OS/c1-3-2-4(10-9-3)7-5(11)8-6/h2H,6H2,1H3,(H2,7,8,11). The van der Waals surface area contributed by atoms with Crippen LogP contribution < -0.4 is 16.6 Å². The normalized spacial score (nSPS) is 9.27. The van der Waals surface area contributed by atoms with E-state index in [1.807, 2.05) is 6.92 Å². The van der Waals surface area contributed by atoms with Crippen molar-refractivity contribution in [2.75, 3.05) is 5.32 Å². The molecule has 1 aromatic rings. The Morgan fingerprint density at radius 3 is 3.00 bits per heavy atom. The van der Waals surface area contributed by atoms with Gasteiger partial charge in [-0.05, 0) is 19.1 Å². The first-order chi connectivity index (χ1) is 5.22. The van der Waals surface area contributed by atoms with Crippen LogP contribution in [0.3, 0.4) is 0 Å². The molecule has 11 heavy (non-hydrogen) atoms. The number of aryl methyl sites for hydroxylation is 1. The average molecular weight is 172 g/mol. The highest BCUT2D eigenvalue weighted by atomic mass is 32.1. The smallest absolute Gasteiger partial charge is 0.231 e. The maximum Gasteiger partial charge on any atom is 0.231 e. The molecule has 1 heterocycles. The van der Waals surface area contributed by atoms with E-state index in [9.17, 15) is 0 Å². The van der Waals surface area contributed by atoms with E-state index in [2.05, 4.69) is 15.9 Å². The van der Waals surface area contributed by atoms with Gasteiger partial charge in [0.2, 0.25) is 5.88 Å². The molecule has 0 aliphatic carbocycles. The molecule has 0 aliphatic rings. The van der Waals surface area contributed by atoms with Gasteiger partial charge in [0.25, 0.3) is 0 Å². The Balaban J connectivity index is 2.57. The van der Waals surface area contributed by atoms with Gasteiger partial charge in [0.15, 0.2) is 5.11 Å². The lowest BCUT2D eigenvalue weighted by atomic mass is 10.5. The quantitative estimate of drug-likeness (QED) is 0.318. The molecule has 0 atom stereocenters. The van der Waals surface area contributed by atoms with Crippen LogP contribution in [0.15, 0.2) is 10.6 Å². The molecule has 0 aromatic carbocycles. The van der Waals surface area contributed by atoms with Crippen molar-refractivity contribution in [1.29, 1.82) is 0 Å². The van der Waals surface area contributed by atoms with E-state index in [1.165, 1.54) is 0 Å². The lowest BCUT2D eigenvalue weighted by Crippen LogP contribution is -2.33. The van der Waals surface area contributed by atoms with Gasteiger partial charge in [-0.15, -0.1) is 0 Å². The lowest BCUT2D eigenvalue weighted by Gasteiger charge is -1.99. The van der Waals surface area contributed by atoms with Gasteiger partial charge in [0.1, 0.15) is 0 Å². The first kappa shape index (κ1) is 7.96. The molecule has 0 aliphatic heterocycles. The fraction of sp³-hybridized carbons (Fsp3) is 0.200. The molecule has 1 aromatic heterocycles. The number of hydrogen-bond donors (Lipinski definition) is 3. The van der Waals surface area contributed by atoms with Crippen LogP contribution in [0.25, 0.3) is 0 Å². The van der Waals surface area contributed by atoms with E-state index in [0.29, 0.717) is 11.0 Å². The van der Waals surface area contributed by atoms with Gasteiger partial charge in [-0.1, -0.05) is 5.16 Å². The van der Waals surface area contributed by atoms with Crippen molar-refractivity contribution in [1.82, 2.24) is 10.6 Å². The Morgan fingerprint density at radius 2 is 2.55 bits per heavy atom. The number of aromatic nitrogens is 1. The van der Waals surface area contributed by atoms with Crippen molar-refractivity contribution in [2.24, 2.45) is 5.84 Å². The third-order valence-corrected chi connectivity index (χ3v) is 1.22. The highest BCUT2D eigenvalue weighted by molar-refractivity contribution is 7.80. The predicted molar refractivity (Wildman–Crippen MR) is 44.8 cm³/mol. The van der Waals surface area contributed by atoms with Gasteiger partial charge in [-0.2, -0.15) is 0 Å². The van der Waals surface area contributed by atoms with Gasteiger partial charge >= 0.3 is 0 Å². The third kappa shape index (κ3) is 2.17. The second-order valence-corrected chi connectivity index (χ2v) is 2.34. The van der Waals surface area contributed by atoms with E-state index in [0.717, 1.165) is 5.69 Å². The lowest BCUT2D eigenvalue weighted by molar-refractivity contribution is 0.430. The van der Waals surface area contributed by atoms with Crippen molar-refractivity contribution in [3.63, 3.8) is 0 Å². The van der Waals surface area contributed by atoms with Gasteiger partial charge in [0, 0.05) is 6.07 Å². The fourth-order valence-electron chi connectivity index (χ4n) is 0.570. The zero-order valence-corrected chi connectivity index (χ0v) is 6.73. The van der Waals surface area contributed by atoms with E-state index in [1.54, 1.807) is 6.07 Å². The van der Waals surface area contributed by atoms with Crippen molar-refractivity contribution < 1.29 is 4.52 Å². The minimum atomic E-state index is 0.293. The van der Waals surface area contributed by atoms with Crippen LogP contribution in [-0.4, -0.2) is 10.3 Å². The van der Waals surface area contributed by atoms with Crippen molar-refractivity contribution in [3.05, 3.63) is 11.8 Å². The molecule has 6 heteroatoms. The van der Waals surface area contributed by atoms with Crippen LogP contribution in [0.5, 0.6) is 0 Å². The average Bonchev–Trinajstić information content (AvgIpc) is 2.35. The molecule has 0 saturated carbocycles. The number of thiocarbonyl (C=S) groups is 1. The highest BCUT2D eigenvalue weighted by Crippen LogP contribution is 2.07. The van der Waals surface area contributed by atoms with Gasteiger partial charge in [-0.3, -0.25) is 5.32 Å². The summed E-state index contributed by atoms with van der Waals surface area (Å²) in [5.74, 6) is 5.49. The Bertz CT molecular complexity index is 259. The molecule has 0 unspecified atom stereocenters. The van der Waals surface area contributed by atoms with E-state index in [-0.39, 0.29) is 0 Å². The summed E-state index contributed by atoms with van der Waals surface area (Å²) >= 11 is 4.71. The SMILES string of the molecule is Cc1cc(NC(=S)NN)on1. The summed E-state index contributed by atoms with van der Waals surface area (Å²) < 4.78 is 4.79. The summed E-state index contributed by atoms with van der Waals surface area (Å²) in [5, 5.41) is 6.61. The first-order valence-electron chi connectivity index (χ1n) is 2.93. The minimum Gasteiger partial charge on any atom is -0.338 e. The van der Waals surface area contributed by atoms with Crippen molar-refractivity contribution in [2.45, 2.75) is 6.92 Å². The highest BCUT2D eigenvalue weighted by Gasteiger charge is 2.00. The molecule has 0 saturated heterocycles. The minimum absolute atomic E-state index is 0.293. The number of nitrogens with zero attached hydrogens (tertiary/aromatic N) is 1. The van der Waals surface area contributed by atoms with Crippen LogP contribution in [0.1, 0.15) is 5.69 Å². The molecular weight excluding hydrogens is 164 g/mol. The summed E-state index contributed by atoms with van der Waals surface area (Å²) in [6, 6.07) is 1.71. The first-order valence-corrected chi connectivity index (χ1v) is 3.34. The number of nitrogens with two attached hydrogens (primary N) is 1. The van der Waals surface area contributed by atoms with Gasteiger partial charge in [-0.25, -0.2) is 5.84 Å². The topological polar surface area (TPSA) is 76.1 Å². The number of hydrazine groups is 1. The van der Waals surface area contributed by atoms with Crippen LogP contribution >= 0.6 is 12.2 Å². The van der Waals surface area contributed by atoms with Crippen molar-refractivity contribution in [3.8, 4) is 0 Å². The molecule has 0 bridgehead atoms. The Hall–Kier alpha value is -1.14. The molecule has 0 fully saturated rings. The number of hydrogen-bond acceptors (Lipinski definition) is 4. The van der Waals surface area contributed by atoms with Crippen LogP contribution in [0, 0.1) is 6.92 Å². The summed E-state index contributed by atoms with van der Waals surface area (Å²) in [7, 11) is 0. The maximum atomic E-state index is 5.01. The van der Waals surface area contributed by atoms with Crippen molar-refractivity contribution >= 4 is 23.2 Å². The largest absolute Gasteiger partial charge is 0.338 e. The Labute approximate surface area is 68.9 Å². The van der Waals surface area contributed by atoms with Crippen LogP contribution in [0.2, 0.25) is 0 Å². The molecule has 4 N–H and O–H groups in total. The Kier molecular flexibility index (Phi) is 2.40. The second-order valence-electron chi connectivity index (χ2n) is 1.93. The molecule has 0 amide bonds.